The van der Waals surface area contributed by atoms with Crippen LogP contribution in [0, 0.1) is 25.3 Å². The molecule has 0 N–H and O–H groups in total. The summed E-state index contributed by atoms with van der Waals surface area (Å²) in [7, 11) is 3.22. The Labute approximate surface area is 224 Å². The Morgan fingerprint density at radius 1 is 1.21 bits per heavy atom. The van der Waals surface area contributed by atoms with Crippen LogP contribution in [0.3, 0.4) is 0 Å². The first-order valence-corrected chi connectivity index (χ1v) is 12.7. The number of hydrogen-bond acceptors (Lipinski definition) is 5. The Balaban J connectivity index is 1.75. The molecule has 1 fully saturated rings. The third-order valence-corrected chi connectivity index (χ3v) is 7.08. The number of benzene rings is 1. The van der Waals surface area contributed by atoms with E-state index in [1.165, 1.54) is 11.3 Å². The van der Waals surface area contributed by atoms with Gasteiger partial charge in [0.25, 0.3) is 0 Å². The van der Waals surface area contributed by atoms with Crippen molar-refractivity contribution in [2.75, 3.05) is 33.8 Å². The van der Waals surface area contributed by atoms with Crippen LogP contribution in [-0.4, -0.2) is 70.6 Å². The third-order valence-electron chi connectivity index (χ3n) is 7.08. The lowest BCUT2D eigenvalue weighted by molar-refractivity contribution is 0.0622. The summed E-state index contributed by atoms with van der Waals surface area (Å²) < 4.78 is 7.09. The molecule has 1 amide bonds. The topological polar surface area (TPSA) is 72.0 Å². The van der Waals surface area contributed by atoms with Crippen LogP contribution >= 0.6 is 0 Å². The van der Waals surface area contributed by atoms with E-state index in [0.717, 1.165) is 36.3 Å². The minimum absolute atomic E-state index is 0.0258. The van der Waals surface area contributed by atoms with Crippen molar-refractivity contribution in [3.63, 3.8) is 0 Å². The maximum atomic E-state index is 13.8. The molecule has 0 saturated carbocycles. The summed E-state index contributed by atoms with van der Waals surface area (Å²) >= 11 is 0. The second-order valence-corrected chi connectivity index (χ2v) is 10.4. The van der Waals surface area contributed by atoms with Gasteiger partial charge in [0.05, 0.1) is 29.7 Å². The van der Waals surface area contributed by atoms with Crippen LogP contribution in [-0.2, 0) is 4.74 Å². The normalized spacial score (nSPS) is 14.8. The number of aromatic nitrogens is 2. The highest BCUT2D eigenvalue weighted by molar-refractivity contribution is 6.09. The molecular weight excluding hydrogens is 478 g/mol. The monoisotopic (exact) mass is 511 g/mol. The highest BCUT2D eigenvalue weighted by atomic mass is 16.5. The standard InChI is InChI=1S/C30H33N5O3/c1-21-27(26(36)20-34-16-8-7-15-30(34,2)3)28-25(35(21)24-13-11-23(31-4)12-14-24)18-22(19-32-28)10-9-17-38-29(37)33(5)6/h11-14,18-19H,7-8,15-17,20H2,1-3,5-6H3. The number of ketones is 1. The van der Waals surface area contributed by atoms with Gasteiger partial charge >= 0.3 is 6.09 Å². The van der Waals surface area contributed by atoms with Gasteiger partial charge in [0.15, 0.2) is 18.1 Å². The molecule has 1 aliphatic rings. The fourth-order valence-corrected chi connectivity index (χ4v) is 4.92. The van der Waals surface area contributed by atoms with Gasteiger partial charge in [-0.25, -0.2) is 9.64 Å². The fourth-order valence-electron chi connectivity index (χ4n) is 4.92. The number of pyridine rings is 1. The summed E-state index contributed by atoms with van der Waals surface area (Å²) in [5.74, 6) is 5.91. The molecule has 1 aromatic carbocycles. The van der Waals surface area contributed by atoms with E-state index < -0.39 is 6.09 Å². The molecule has 8 heteroatoms. The number of carbonyl (C=O) groups excluding carboxylic acids is 2. The van der Waals surface area contributed by atoms with Crippen LogP contribution < -0.4 is 0 Å². The predicted octanol–water partition coefficient (Wildman–Crippen LogP) is 5.38. The van der Waals surface area contributed by atoms with Gasteiger partial charge in [0, 0.05) is 42.8 Å². The van der Waals surface area contributed by atoms with E-state index in [2.05, 4.69) is 40.4 Å². The van der Waals surface area contributed by atoms with E-state index in [9.17, 15) is 9.59 Å². The smallest absolute Gasteiger partial charge is 0.410 e. The number of carbonyl (C=O) groups is 2. The van der Waals surface area contributed by atoms with Gasteiger partial charge in [-0.05, 0) is 58.4 Å². The van der Waals surface area contributed by atoms with E-state index in [0.29, 0.717) is 28.9 Å². The minimum atomic E-state index is -0.458. The summed E-state index contributed by atoms with van der Waals surface area (Å²) in [5.41, 5.74) is 4.79. The number of likely N-dealkylation sites (tertiary alicyclic amines) is 1. The molecule has 0 radical (unpaired) electrons. The quantitative estimate of drug-likeness (QED) is 0.261. The average molecular weight is 512 g/mol. The first-order chi connectivity index (χ1) is 18.1. The molecule has 1 aliphatic heterocycles. The molecule has 2 aromatic heterocycles. The van der Waals surface area contributed by atoms with Gasteiger partial charge in [-0.15, -0.1) is 0 Å². The van der Waals surface area contributed by atoms with E-state index in [1.54, 1.807) is 32.4 Å². The Kier molecular flexibility index (Phi) is 7.85. The van der Waals surface area contributed by atoms with Crippen molar-refractivity contribution in [2.45, 2.75) is 45.6 Å². The Morgan fingerprint density at radius 2 is 1.95 bits per heavy atom. The number of piperidine rings is 1. The Bertz CT molecular complexity index is 1470. The summed E-state index contributed by atoms with van der Waals surface area (Å²) in [4.78, 5) is 37.2. The van der Waals surface area contributed by atoms with Crippen molar-refractivity contribution in [1.82, 2.24) is 19.4 Å². The molecule has 0 bridgehead atoms. The van der Waals surface area contributed by atoms with Gasteiger partial charge in [-0.3, -0.25) is 14.7 Å². The zero-order valence-corrected chi connectivity index (χ0v) is 22.7. The molecule has 0 unspecified atom stereocenters. The van der Waals surface area contributed by atoms with Crippen LogP contribution in [0.25, 0.3) is 21.6 Å². The van der Waals surface area contributed by atoms with Crippen LogP contribution in [0.5, 0.6) is 0 Å². The largest absolute Gasteiger partial charge is 0.436 e. The lowest BCUT2D eigenvalue weighted by Gasteiger charge is -2.42. The van der Waals surface area contributed by atoms with Crippen molar-refractivity contribution < 1.29 is 14.3 Å². The molecule has 8 nitrogen and oxygen atoms in total. The molecular formula is C30H33N5O3. The van der Waals surface area contributed by atoms with E-state index in [4.69, 9.17) is 11.3 Å². The van der Waals surface area contributed by atoms with E-state index >= 15 is 0 Å². The highest BCUT2D eigenvalue weighted by Crippen LogP contribution is 2.32. The maximum absolute atomic E-state index is 13.8. The molecule has 3 heterocycles. The number of rotatable bonds is 5. The zero-order valence-electron chi connectivity index (χ0n) is 22.7. The molecule has 1 saturated heterocycles. The molecule has 0 spiro atoms. The van der Waals surface area contributed by atoms with Gasteiger partial charge in [0.1, 0.15) is 0 Å². The maximum Gasteiger partial charge on any atom is 0.410 e. The lowest BCUT2D eigenvalue weighted by atomic mass is 9.90. The molecule has 0 atom stereocenters. The second kappa shape index (κ2) is 11.1. The SMILES string of the molecule is [C-]#[N+]c1ccc(-n2c(C)c(C(=O)CN3CCCCC3(C)C)c3ncc(C#CCOC(=O)N(C)C)cc32)cc1. The summed E-state index contributed by atoms with van der Waals surface area (Å²) in [5, 5.41) is 0. The van der Waals surface area contributed by atoms with Crippen molar-refractivity contribution in [2.24, 2.45) is 0 Å². The highest BCUT2D eigenvalue weighted by Gasteiger charge is 2.32. The van der Waals surface area contributed by atoms with Gasteiger partial charge in [-0.2, -0.15) is 0 Å². The molecule has 38 heavy (non-hydrogen) atoms. The Hall–Kier alpha value is -4.14. The average Bonchev–Trinajstić information content (AvgIpc) is 3.18. The van der Waals surface area contributed by atoms with Gasteiger partial charge in [0.2, 0.25) is 0 Å². The number of ether oxygens (including phenoxy) is 1. The van der Waals surface area contributed by atoms with Crippen molar-refractivity contribution in [3.8, 4) is 17.5 Å². The predicted molar refractivity (Wildman–Crippen MR) is 148 cm³/mol. The number of amides is 1. The molecule has 196 valence electrons. The van der Waals surface area contributed by atoms with Crippen LogP contribution in [0.2, 0.25) is 0 Å². The fraction of sp³-hybridized carbons (Fsp3) is 0.400. The van der Waals surface area contributed by atoms with Crippen molar-refractivity contribution in [1.29, 1.82) is 0 Å². The first-order valence-electron chi connectivity index (χ1n) is 12.7. The zero-order chi connectivity index (χ0) is 27.4. The first kappa shape index (κ1) is 26.9. The third kappa shape index (κ3) is 5.56. The number of Topliss-reactive ketones (excluding diaryl/α,β-unsaturated/α-hetero) is 1. The van der Waals surface area contributed by atoms with Gasteiger partial charge in [-0.1, -0.05) is 30.4 Å². The van der Waals surface area contributed by atoms with Crippen LogP contribution in [0.15, 0.2) is 36.5 Å². The molecule has 3 aromatic rings. The summed E-state index contributed by atoms with van der Waals surface area (Å²) in [6.07, 6.45) is 4.53. The number of nitrogens with zero attached hydrogens (tertiary/aromatic N) is 5. The van der Waals surface area contributed by atoms with Crippen LogP contribution in [0.4, 0.5) is 10.5 Å². The van der Waals surface area contributed by atoms with Crippen molar-refractivity contribution >= 4 is 28.6 Å². The Morgan fingerprint density at radius 3 is 2.61 bits per heavy atom. The minimum Gasteiger partial charge on any atom is -0.436 e. The summed E-state index contributed by atoms with van der Waals surface area (Å²) in [6.45, 7) is 14.8. The lowest BCUT2D eigenvalue weighted by Crippen LogP contribution is -2.49. The van der Waals surface area contributed by atoms with Gasteiger partial charge < -0.3 is 14.2 Å². The van der Waals surface area contributed by atoms with E-state index in [-0.39, 0.29) is 17.9 Å². The van der Waals surface area contributed by atoms with E-state index in [1.807, 2.05) is 29.7 Å². The number of hydrogen-bond donors (Lipinski definition) is 0. The summed E-state index contributed by atoms with van der Waals surface area (Å²) in [6, 6.07) is 9.19. The van der Waals surface area contributed by atoms with Crippen LogP contribution in [0.1, 0.15) is 54.7 Å². The molecule has 0 aliphatic carbocycles. The second-order valence-electron chi connectivity index (χ2n) is 10.4. The molecule has 4 rings (SSSR count). The number of fused-ring (bicyclic) bond motifs is 1. The van der Waals surface area contributed by atoms with Crippen molar-refractivity contribution in [3.05, 3.63) is 64.8 Å².